The lowest BCUT2D eigenvalue weighted by Gasteiger charge is -2.16. The van der Waals surface area contributed by atoms with Crippen molar-refractivity contribution in [3.05, 3.63) is 71.7 Å². The summed E-state index contributed by atoms with van der Waals surface area (Å²) in [6.45, 7) is 2.17. The Morgan fingerprint density at radius 2 is 1.90 bits per heavy atom. The van der Waals surface area contributed by atoms with Gasteiger partial charge in [-0.1, -0.05) is 42.5 Å². The molecule has 1 N–H and O–H groups in total. The van der Waals surface area contributed by atoms with Gasteiger partial charge in [0.05, 0.1) is 0 Å². The minimum absolute atomic E-state index is 0.280. The summed E-state index contributed by atoms with van der Waals surface area (Å²) in [5, 5.41) is 6.60. The molecule has 0 radical (unpaired) electrons. The number of hydrogen-bond donors (Lipinski definition) is 1. The van der Waals surface area contributed by atoms with E-state index in [0.717, 1.165) is 16.3 Å². The van der Waals surface area contributed by atoms with Crippen molar-refractivity contribution in [2.75, 3.05) is 5.32 Å². The molecule has 1 heterocycles. The van der Waals surface area contributed by atoms with E-state index in [1.165, 1.54) is 5.56 Å². The molecule has 0 aliphatic heterocycles. The van der Waals surface area contributed by atoms with Crippen LogP contribution in [0, 0.1) is 0 Å². The summed E-state index contributed by atoms with van der Waals surface area (Å²) >= 11 is 1.66. The molecule has 1 unspecified atom stereocenters. The molecule has 0 saturated heterocycles. The van der Waals surface area contributed by atoms with Gasteiger partial charge in [0, 0.05) is 28.9 Å². The normalized spacial score (nSPS) is 12.1. The highest BCUT2D eigenvalue weighted by atomic mass is 32.1. The Hall–Kier alpha value is -2.13. The molecule has 100 valence electrons. The van der Waals surface area contributed by atoms with Gasteiger partial charge >= 0.3 is 0 Å². The maximum absolute atomic E-state index is 4.36. The van der Waals surface area contributed by atoms with Gasteiger partial charge < -0.3 is 5.32 Å². The number of thiazole rings is 1. The molecular formula is C17H16N2S. The first kappa shape index (κ1) is 12.9. The first-order chi connectivity index (χ1) is 9.83. The van der Waals surface area contributed by atoms with E-state index in [-0.39, 0.29) is 6.04 Å². The van der Waals surface area contributed by atoms with E-state index in [1.54, 1.807) is 11.3 Å². The monoisotopic (exact) mass is 280 g/mol. The fourth-order valence-electron chi connectivity index (χ4n) is 2.18. The van der Waals surface area contributed by atoms with E-state index < -0.39 is 0 Å². The summed E-state index contributed by atoms with van der Waals surface area (Å²) in [5.74, 6) is 0. The number of nitrogens with one attached hydrogen (secondary N) is 1. The minimum atomic E-state index is 0.280. The molecule has 20 heavy (non-hydrogen) atoms. The molecule has 0 aliphatic carbocycles. The zero-order valence-corrected chi connectivity index (χ0v) is 12.1. The Morgan fingerprint density at radius 3 is 2.65 bits per heavy atom. The molecule has 1 atom stereocenters. The molecule has 0 aliphatic rings. The highest BCUT2D eigenvalue weighted by Crippen LogP contribution is 2.26. The second-order valence-corrected chi connectivity index (χ2v) is 5.59. The highest BCUT2D eigenvalue weighted by molar-refractivity contribution is 7.13. The van der Waals surface area contributed by atoms with E-state index in [0.29, 0.717) is 0 Å². The zero-order chi connectivity index (χ0) is 13.8. The van der Waals surface area contributed by atoms with E-state index in [1.807, 2.05) is 17.6 Å². The van der Waals surface area contributed by atoms with Crippen LogP contribution in [0.15, 0.2) is 66.2 Å². The van der Waals surface area contributed by atoms with E-state index >= 15 is 0 Å². The van der Waals surface area contributed by atoms with Crippen molar-refractivity contribution in [2.45, 2.75) is 13.0 Å². The lowest BCUT2D eigenvalue weighted by molar-refractivity contribution is 0.885. The summed E-state index contributed by atoms with van der Waals surface area (Å²) in [6, 6.07) is 19.1. The van der Waals surface area contributed by atoms with Crippen LogP contribution < -0.4 is 5.32 Å². The van der Waals surface area contributed by atoms with Crippen LogP contribution >= 0.6 is 11.3 Å². The maximum Gasteiger partial charge on any atom is 0.123 e. The Bertz CT molecular complexity index is 662. The lowest BCUT2D eigenvalue weighted by atomic mass is 10.1. The van der Waals surface area contributed by atoms with Gasteiger partial charge in [0.25, 0.3) is 0 Å². The van der Waals surface area contributed by atoms with Crippen LogP contribution in [0.1, 0.15) is 18.5 Å². The molecule has 2 nitrogen and oxygen atoms in total. The third-order valence-corrected chi connectivity index (χ3v) is 4.05. The molecule has 0 spiro atoms. The average molecular weight is 280 g/mol. The lowest BCUT2D eigenvalue weighted by Crippen LogP contribution is -2.06. The quantitative estimate of drug-likeness (QED) is 0.728. The van der Waals surface area contributed by atoms with Gasteiger partial charge in [-0.25, -0.2) is 4.98 Å². The third-order valence-electron chi connectivity index (χ3n) is 3.22. The fraction of sp³-hybridized carbons (Fsp3) is 0.118. The zero-order valence-electron chi connectivity index (χ0n) is 11.3. The fourth-order valence-corrected chi connectivity index (χ4v) is 2.82. The van der Waals surface area contributed by atoms with Crippen LogP contribution in [0.3, 0.4) is 0 Å². The van der Waals surface area contributed by atoms with Crippen molar-refractivity contribution in [1.29, 1.82) is 0 Å². The molecule has 2 aromatic carbocycles. The van der Waals surface area contributed by atoms with Crippen LogP contribution in [0.25, 0.3) is 10.6 Å². The number of hydrogen-bond acceptors (Lipinski definition) is 3. The summed E-state index contributed by atoms with van der Waals surface area (Å²) in [6.07, 6.45) is 1.84. The summed E-state index contributed by atoms with van der Waals surface area (Å²) in [5.41, 5.74) is 3.56. The van der Waals surface area contributed by atoms with Crippen LogP contribution in [0.4, 0.5) is 5.69 Å². The Morgan fingerprint density at radius 1 is 1.05 bits per heavy atom. The van der Waals surface area contributed by atoms with Crippen molar-refractivity contribution < 1.29 is 0 Å². The van der Waals surface area contributed by atoms with Crippen LogP contribution in [0.2, 0.25) is 0 Å². The molecule has 3 aromatic rings. The smallest absolute Gasteiger partial charge is 0.123 e. The van der Waals surface area contributed by atoms with Gasteiger partial charge in [0.15, 0.2) is 0 Å². The molecule has 0 fully saturated rings. The number of anilines is 1. The van der Waals surface area contributed by atoms with Crippen LogP contribution in [-0.4, -0.2) is 4.98 Å². The molecule has 1 aromatic heterocycles. The number of nitrogens with zero attached hydrogens (tertiary/aromatic N) is 1. The standard InChI is InChI=1S/C17H16N2S/c1-13(14-6-3-2-4-7-14)19-16-9-5-8-15(12-16)17-18-10-11-20-17/h2-13,19H,1H3. The number of aromatic nitrogens is 1. The topological polar surface area (TPSA) is 24.9 Å². The van der Waals surface area contributed by atoms with E-state index in [9.17, 15) is 0 Å². The van der Waals surface area contributed by atoms with Gasteiger partial charge in [0.1, 0.15) is 5.01 Å². The second kappa shape index (κ2) is 5.88. The van der Waals surface area contributed by atoms with E-state index in [4.69, 9.17) is 0 Å². The van der Waals surface area contributed by atoms with Gasteiger partial charge in [-0.05, 0) is 24.6 Å². The molecule has 0 saturated carbocycles. The van der Waals surface area contributed by atoms with Gasteiger partial charge in [0.2, 0.25) is 0 Å². The van der Waals surface area contributed by atoms with Crippen LogP contribution in [-0.2, 0) is 0 Å². The van der Waals surface area contributed by atoms with Crippen LogP contribution in [0.5, 0.6) is 0 Å². The Labute approximate surface area is 123 Å². The second-order valence-electron chi connectivity index (χ2n) is 4.69. The average Bonchev–Trinajstić information content (AvgIpc) is 3.03. The molecule has 0 bridgehead atoms. The first-order valence-electron chi connectivity index (χ1n) is 6.64. The molecular weight excluding hydrogens is 264 g/mol. The predicted molar refractivity (Wildman–Crippen MR) is 86.0 cm³/mol. The van der Waals surface area contributed by atoms with E-state index in [2.05, 4.69) is 65.8 Å². The number of benzene rings is 2. The Kier molecular flexibility index (Phi) is 3.79. The largest absolute Gasteiger partial charge is 0.379 e. The summed E-state index contributed by atoms with van der Waals surface area (Å²) in [7, 11) is 0. The maximum atomic E-state index is 4.36. The molecule has 3 heteroatoms. The number of rotatable bonds is 4. The molecule has 3 rings (SSSR count). The van der Waals surface area contributed by atoms with Crippen molar-refractivity contribution in [3.8, 4) is 10.6 Å². The SMILES string of the molecule is CC(Nc1cccc(-c2nccs2)c1)c1ccccc1. The van der Waals surface area contributed by atoms with Crippen molar-refractivity contribution in [1.82, 2.24) is 4.98 Å². The van der Waals surface area contributed by atoms with Crippen molar-refractivity contribution in [3.63, 3.8) is 0 Å². The van der Waals surface area contributed by atoms with Gasteiger partial charge in [-0.15, -0.1) is 11.3 Å². The third kappa shape index (κ3) is 2.89. The summed E-state index contributed by atoms with van der Waals surface area (Å²) < 4.78 is 0. The van der Waals surface area contributed by atoms with Gasteiger partial charge in [-0.2, -0.15) is 0 Å². The first-order valence-corrected chi connectivity index (χ1v) is 7.52. The van der Waals surface area contributed by atoms with Crippen molar-refractivity contribution >= 4 is 17.0 Å². The summed E-state index contributed by atoms with van der Waals surface area (Å²) in [4.78, 5) is 4.36. The van der Waals surface area contributed by atoms with Gasteiger partial charge in [-0.3, -0.25) is 0 Å². The minimum Gasteiger partial charge on any atom is -0.379 e. The predicted octanol–water partition coefficient (Wildman–Crippen LogP) is 4.98. The molecule has 0 amide bonds. The van der Waals surface area contributed by atoms with Crippen molar-refractivity contribution in [2.24, 2.45) is 0 Å². The Balaban J connectivity index is 1.80. The highest BCUT2D eigenvalue weighted by Gasteiger charge is 2.06.